The van der Waals surface area contributed by atoms with Crippen LogP contribution in [0, 0.1) is 11.3 Å². The number of hydrogen-bond acceptors (Lipinski definition) is 5. The molecule has 2 rings (SSSR count). The molecule has 6 nitrogen and oxygen atoms in total. The number of carbonyl (C=O) groups is 1. The average molecular weight is 316 g/mol. The summed E-state index contributed by atoms with van der Waals surface area (Å²) in [7, 11) is 2.83. The number of amides is 1. The number of rotatable bonds is 5. The van der Waals surface area contributed by atoms with Gasteiger partial charge in [0.15, 0.2) is 11.5 Å². The number of aromatic hydroxyl groups is 1. The molecular formula is C17H20N2O4. The van der Waals surface area contributed by atoms with E-state index in [0.717, 1.165) is 25.7 Å². The molecule has 23 heavy (non-hydrogen) atoms. The Kier molecular flexibility index (Phi) is 5.47. The molecule has 2 N–H and O–H groups in total. The third-order valence-electron chi connectivity index (χ3n) is 3.87. The number of nitrogens with one attached hydrogen (secondary N) is 1. The number of phenolic OH excluding ortho intramolecular Hbond substituents is 1. The van der Waals surface area contributed by atoms with Gasteiger partial charge in [0.1, 0.15) is 11.6 Å². The summed E-state index contributed by atoms with van der Waals surface area (Å²) >= 11 is 0. The molecule has 0 unspecified atom stereocenters. The third-order valence-corrected chi connectivity index (χ3v) is 3.87. The number of methoxy groups -OCH3 is 2. The van der Waals surface area contributed by atoms with Gasteiger partial charge in [-0.25, -0.2) is 0 Å². The SMILES string of the molecule is COc1cc(/C=C(/C#N)C(=O)NC2CCCC2)cc(OC)c1O. The molecule has 0 heterocycles. The maximum atomic E-state index is 12.2. The molecule has 1 aromatic rings. The van der Waals surface area contributed by atoms with E-state index in [-0.39, 0.29) is 34.8 Å². The first kappa shape index (κ1) is 16.7. The molecule has 1 amide bonds. The fourth-order valence-corrected chi connectivity index (χ4v) is 2.65. The number of phenols is 1. The summed E-state index contributed by atoms with van der Waals surface area (Å²) in [4.78, 5) is 12.2. The molecule has 0 atom stereocenters. The van der Waals surface area contributed by atoms with Gasteiger partial charge in [-0.05, 0) is 36.6 Å². The summed E-state index contributed by atoms with van der Waals surface area (Å²) in [6, 6.07) is 5.14. The van der Waals surface area contributed by atoms with Gasteiger partial charge in [0.05, 0.1) is 14.2 Å². The molecule has 0 radical (unpaired) electrons. The molecular weight excluding hydrogens is 296 g/mol. The summed E-state index contributed by atoms with van der Waals surface area (Å²) < 4.78 is 10.1. The molecule has 0 aliphatic heterocycles. The highest BCUT2D eigenvalue weighted by Crippen LogP contribution is 2.37. The van der Waals surface area contributed by atoms with Crippen molar-refractivity contribution < 1.29 is 19.4 Å². The summed E-state index contributed by atoms with van der Waals surface area (Å²) in [5.74, 6) is -0.0837. The van der Waals surface area contributed by atoms with E-state index in [1.54, 1.807) is 0 Å². The zero-order valence-corrected chi connectivity index (χ0v) is 13.3. The lowest BCUT2D eigenvalue weighted by Gasteiger charge is -2.12. The molecule has 122 valence electrons. The minimum absolute atomic E-state index is 0.00620. The number of nitrogens with zero attached hydrogens (tertiary/aromatic N) is 1. The van der Waals surface area contributed by atoms with Gasteiger partial charge in [-0.2, -0.15) is 5.26 Å². The Morgan fingerprint density at radius 2 is 1.87 bits per heavy atom. The fourth-order valence-electron chi connectivity index (χ4n) is 2.65. The second kappa shape index (κ2) is 7.54. The van der Waals surface area contributed by atoms with Crippen LogP contribution in [0.5, 0.6) is 17.2 Å². The van der Waals surface area contributed by atoms with Crippen LogP contribution in [-0.4, -0.2) is 31.3 Å². The van der Waals surface area contributed by atoms with Gasteiger partial charge in [-0.1, -0.05) is 12.8 Å². The Morgan fingerprint density at radius 1 is 1.30 bits per heavy atom. The van der Waals surface area contributed by atoms with Gasteiger partial charge in [-0.15, -0.1) is 0 Å². The average Bonchev–Trinajstić information content (AvgIpc) is 3.06. The summed E-state index contributed by atoms with van der Waals surface area (Å²) in [5.41, 5.74) is 0.543. The molecule has 0 saturated heterocycles. The lowest BCUT2D eigenvalue weighted by molar-refractivity contribution is -0.117. The third kappa shape index (κ3) is 3.95. The predicted octanol–water partition coefficient (Wildman–Crippen LogP) is 2.38. The van der Waals surface area contributed by atoms with Crippen molar-refractivity contribution in [2.45, 2.75) is 31.7 Å². The second-order valence-corrected chi connectivity index (χ2v) is 5.40. The van der Waals surface area contributed by atoms with Crippen molar-refractivity contribution in [1.82, 2.24) is 5.32 Å². The van der Waals surface area contributed by atoms with Gasteiger partial charge in [0.25, 0.3) is 5.91 Å². The predicted molar refractivity (Wildman–Crippen MR) is 85.2 cm³/mol. The summed E-state index contributed by atoms with van der Waals surface area (Å²) in [6.45, 7) is 0. The first-order chi connectivity index (χ1) is 11.1. The standard InChI is InChI=1S/C17H20N2O4/c1-22-14-8-11(9-15(23-2)16(14)20)7-12(10-18)17(21)19-13-5-3-4-6-13/h7-9,13,20H,3-6H2,1-2H3,(H,19,21)/b12-7-. The molecule has 1 aliphatic rings. The van der Waals surface area contributed by atoms with Gasteiger partial charge in [0.2, 0.25) is 5.75 Å². The maximum absolute atomic E-state index is 12.2. The zero-order valence-electron chi connectivity index (χ0n) is 13.3. The van der Waals surface area contributed by atoms with Crippen molar-refractivity contribution in [3.05, 3.63) is 23.3 Å². The highest BCUT2D eigenvalue weighted by atomic mass is 16.5. The first-order valence-corrected chi connectivity index (χ1v) is 7.46. The van der Waals surface area contributed by atoms with Crippen LogP contribution in [-0.2, 0) is 4.79 Å². The van der Waals surface area contributed by atoms with Crippen LogP contribution in [0.4, 0.5) is 0 Å². The summed E-state index contributed by atoms with van der Waals surface area (Å²) in [6.07, 6.45) is 5.55. The number of ether oxygens (including phenoxy) is 2. The van der Waals surface area contributed by atoms with Crippen molar-refractivity contribution >= 4 is 12.0 Å². The van der Waals surface area contributed by atoms with Crippen molar-refractivity contribution in [2.24, 2.45) is 0 Å². The van der Waals surface area contributed by atoms with Crippen LogP contribution in [0.15, 0.2) is 17.7 Å². The first-order valence-electron chi connectivity index (χ1n) is 7.46. The highest BCUT2D eigenvalue weighted by Gasteiger charge is 2.19. The lowest BCUT2D eigenvalue weighted by atomic mass is 10.1. The zero-order chi connectivity index (χ0) is 16.8. The van der Waals surface area contributed by atoms with Crippen molar-refractivity contribution in [1.29, 1.82) is 5.26 Å². The van der Waals surface area contributed by atoms with E-state index in [4.69, 9.17) is 9.47 Å². The van der Waals surface area contributed by atoms with Crippen LogP contribution >= 0.6 is 0 Å². The largest absolute Gasteiger partial charge is 0.502 e. The van der Waals surface area contributed by atoms with Crippen LogP contribution in [0.1, 0.15) is 31.2 Å². The van der Waals surface area contributed by atoms with Crippen LogP contribution in [0.25, 0.3) is 6.08 Å². The van der Waals surface area contributed by atoms with E-state index in [2.05, 4.69) is 5.32 Å². The van der Waals surface area contributed by atoms with Crippen molar-refractivity contribution in [2.75, 3.05) is 14.2 Å². The minimum atomic E-state index is -0.384. The maximum Gasteiger partial charge on any atom is 0.262 e. The van der Waals surface area contributed by atoms with Crippen LogP contribution in [0.2, 0.25) is 0 Å². The molecule has 6 heteroatoms. The minimum Gasteiger partial charge on any atom is -0.502 e. The number of nitriles is 1. The van der Waals surface area contributed by atoms with E-state index in [1.165, 1.54) is 32.4 Å². The Morgan fingerprint density at radius 3 is 2.35 bits per heavy atom. The monoisotopic (exact) mass is 316 g/mol. The van der Waals surface area contributed by atoms with Crippen molar-refractivity contribution in [3.63, 3.8) is 0 Å². The van der Waals surface area contributed by atoms with Crippen LogP contribution in [0.3, 0.4) is 0 Å². The molecule has 0 aromatic heterocycles. The molecule has 0 bridgehead atoms. The van der Waals surface area contributed by atoms with E-state index < -0.39 is 0 Å². The molecule has 1 saturated carbocycles. The quantitative estimate of drug-likeness (QED) is 0.643. The molecule has 0 spiro atoms. The van der Waals surface area contributed by atoms with Gasteiger partial charge in [-0.3, -0.25) is 4.79 Å². The van der Waals surface area contributed by atoms with Gasteiger partial charge < -0.3 is 19.9 Å². The molecule has 1 aromatic carbocycles. The Labute approximate surface area is 135 Å². The second-order valence-electron chi connectivity index (χ2n) is 5.40. The number of benzene rings is 1. The number of hydrogen-bond donors (Lipinski definition) is 2. The molecule has 1 aliphatic carbocycles. The van der Waals surface area contributed by atoms with Gasteiger partial charge in [0, 0.05) is 6.04 Å². The Bertz CT molecular complexity index is 630. The van der Waals surface area contributed by atoms with Gasteiger partial charge >= 0.3 is 0 Å². The topological polar surface area (TPSA) is 91.6 Å². The summed E-state index contributed by atoms with van der Waals surface area (Å²) in [5, 5.41) is 22.0. The normalized spacial score (nSPS) is 15.1. The van der Waals surface area contributed by atoms with E-state index in [0.29, 0.717) is 5.56 Å². The van der Waals surface area contributed by atoms with E-state index >= 15 is 0 Å². The lowest BCUT2D eigenvalue weighted by Crippen LogP contribution is -2.33. The highest BCUT2D eigenvalue weighted by molar-refractivity contribution is 6.02. The van der Waals surface area contributed by atoms with E-state index in [1.807, 2.05) is 6.07 Å². The number of carbonyl (C=O) groups excluding carboxylic acids is 1. The smallest absolute Gasteiger partial charge is 0.262 e. The van der Waals surface area contributed by atoms with Crippen LogP contribution < -0.4 is 14.8 Å². The van der Waals surface area contributed by atoms with Crippen molar-refractivity contribution in [3.8, 4) is 23.3 Å². The fraction of sp³-hybridized carbons (Fsp3) is 0.412. The molecule has 1 fully saturated rings. The Hall–Kier alpha value is -2.68. The Balaban J connectivity index is 2.26. The van der Waals surface area contributed by atoms with E-state index in [9.17, 15) is 15.2 Å².